The van der Waals surface area contributed by atoms with Gasteiger partial charge < -0.3 is 20.9 Å². The van der Waals surface area contributed by atoms with Gasteiger partial charge in [-0.2, -0.15) is 0 Å². The number of carbonyl (C=O) groups is 2. The fourth-order valence-electron chi connectivity index (χ4n) is 3.01. The molecule has 0 radical (unpaired) electrons. The van der Waals surface area contributed by atoms with Gasteiger partial charge in [-0.3, -0.25) is 9.59 Å². The van der Waals surface area contributed by atoms with Crippen LogP contribution in [-0.4, -0.2) is 35.9 Å². The van der Waals surface area contributed by atoms with E-state index in [0.717, 1.165) is 0 Å². The molecular formula is C19H25FN4O2. The van der Waals surface area contributed by atoms with Crippen molar-refractivity contribution < 1.29 is 14.0 Å². The van der Waals surface area contributed by atoms with Crippen LogP contribution in [0.15, 0.2) is 18.2 Å². The monoisotopic (exact) mass is 360 g/mol. The average Bonchev–Trinajstić information content (AvgIpc) is 2.80. The fraction of sp³-hybridized carbons (Fsp3) is 0.368. The summed E-state index contributed by atoms with van der Waals surface area (Å²) in [5.74, 6) is -0.748. The lowest BCUT2D eigenvalue weighted by Gasteiger charge is -2.07. The number of aromatic nitrogens is 1. The van der Waals surface area contributed by atoms with Crippen LogP contribution in [-0.2, 0) is 7.05 Å². The standard InChI is InChI=1S/C19H25FN4O2/c1-11-9-14(5-6-15(11)20)23-19(26)17-12(2)18(24(4)13(17)3)16(25)10-22-8-7-21/h5-6,9,22H,7-8,10,21H2,1-4H3,(H,23,26). The molecule has 0 bridgehead atoms. The van der Waals surface area contributed by atoms with Crippen LogP contribution in [0.1, 0.15) is 37.7 Å². The summed E-state index contributed by atoms with van der Waals surface area (Å²) in [5, 5.41) is 5.75. The number of hydrogen-bond acceptors (Lipinski definition) is 4. The molecule has 26 heavy (non-hydrogen) atoms. The molecule has 140 valence electrons. The van der Waals surface area contributed by atoms with Gasteiger partial charge in [-0.15, -0.1) is 0 Å². The molecule has 0 aliphatic carbocycles. The molecule has 6 nitrogen and oxygen atoms in total. The molecule has 0 aliphatic rings. The third kappa shape index (κ3) is 4.00. The molecule has 1 heterocycles. The summed E-state index contributed by atoms with van der Waals surface area (Å²) in [6.45, 7) is 6.34. The van der Waals surface area contributed by atoms with Gasteiger partial charge in [-0.1, -0.05) is 0 Å². The van der Waals surface area contributed by atoms with Gasteiger partial charge in [0.05, 0.1) is 17.8 Å². The summed E-state index contributed by atoms with van der Waals surface area (Å²) < 4.78 is 15.1. The summed E-state index contributed by atoms with van der Waals surface area (Å²) in [5.41, 5.74) is 8.65. The number of nitrogens with zero attached hydrogens (tertiary/aromatic N) is 1. The summed E-state index contributed by atoms with van der Waals surface area (Å²) in [7, 11) is 1.76. The maximum Gasteiger partial charge on any atom is 0.257 e. The SMILES string of the molecule is Cc1cc(NC(=O)c2c(C)c(C(=O)CNCCN)n(C)c2C)ccc1F. The van der Waals surface area contributed by atoms with Crippen molar-refractivity contribution >= 4 is 17.4 Å². The molecule has 1 aromatic carbocycles. The Morgan fingerprint density at radius 2 is 1.92 bits per heavy atom. The van der Waals surface area contributed by atoms with E-state index in [-0.39, 0.29) is 24.1 Å². The molecule has 0 aliphatic heterocycles. The predicted octanol–water partition coefficient (Wildman–Crippen LogP) is 2.07. The first kappa shape index (κ1) is 19.8. The first-order chi connectivity index (χ1) is 12.3. The number of anilines is 1. The van der Waals surface area contributed by atoms with E-state index in [1.54, 1.807) is 38.5 Å². The Balaban J connectivity index is 2.28. The first-order valence-corrected chi connectivity index (χ1v) is 8.45. The van der Waals surface area contributed by atoms with Crippen LogP contribution in [0, 0.1) is 26.6 Å². The molecule has 7 heteroatoms. The molecule has 1 amide bonds. The van der Waals surface area contributed by atoms with Crippen molar-refractivity contribution in [2.75, 3.05) is 25.0 Å². The van der Waals surface area contributed by atoms with Crippen molar-refractivity contribution in [2.24, 2.45) is 12.8 Å². The Hall–Kier alpha value is -2.51. The minimum atomic E-state index is -0.326. The van der Waals surface area contributed by atoms with E-state index < -0.39 is 0 Å². The van der Waals surface area contributed by atoms with Crippen LogP contribution in [0.2, 0.25) is 0 Å². The molecule has 0 fully saturated rings. The summed E-state index contributed by atoms with van der Waals surface area (Å²) in [6.07, 6.45) is 0. The van der Waals surface area contributed by atoms with Gasteiger partial charge >= 0.3 is 0 Å². The van der Waals surface area contributed by atoms with Gasteiger partial charge in [-0.25, -0.2) is 4.39 Å². The zero-order valence-corrected chi connectivity index (χ0v) is 15.6. The maximum absolute atomic E-state index is 13.4. The van der Waals surface area contributed by atoms with Crippen molar-refractivity contribution in [2.45, 2.75) is 20.8 Å². The summed E-state index contributed by atoms with van der Waals surface area (Å²) >= 11 is 0. The number of nitrogens with two attached hydrogens (primary N) is 1. The lowest BCUT2D eigenvalue weighted by molar-refractivity contribution is 0.0982. The summed E-state index contributed by atoms with van der Waals surface area (Å²) in [6, 6.07) is 4.40. The van der Waals surface area contributed by atoms with E-state index in [0.29, 0.717) is 46.9 Å². The Bertz CT molecular complexity index is 843. The first-order valence-electron chi connectivity index (χ1n) is 8.45. The second-order valence-corrected chi connectivity index (χ2v) is 6.30. The van der Waals surface area contributed by atoms with Crippen LogP contribution in [0.25, 0.3) is 0 Å². The Morgan fingerprint density at radius 3 is 2.54 bits per heavy atom. The van der Waals surface area contributed by atoms with Crippen LogP contribution < -0.4 is 16.4 Å². The third-order valence-electron chi connectivity index (χ3n) is 4.44. The zero-order valence-electron chi connectivity index (χ0n) is 15.6. The van der Waals surface area contributed by atoms with Gasteiger partial charge in [0.25, 0.3) is 5.91 Å². The largest absolute Gasteiger partial charge is 0.344 e. The van der Waals surface area contributed by atoms with Crippen LogP contribution >= 0.6 is 0 Å². The van der Waals surface area contributed by atoms with Gasteiger partial charge in [0.1, 0.15) is 5.82 Å². The Morgan fingerprint density at radius 1 is 1.23 bits per heavy atom. The smallest absolute Gasteiger partial charge is 0.257 e. The lowest BCUT2D eigenvalue weighted by Crippen LogP contribution is -2.29. The quantitative estimate of drug-likeness (QED) is 0.521. The molecule has 2 rings (SSSR count). The topological polar surface area (TPSA) is 89.2 Å². The zero-order chi connectivity index (χ0) is 19.4. The number of nitrogens with one attached hydrogen (secondary N) is 2. The van der Waals surface area contributed by atoms with Crippen molar-refractivity contribution in [3.05, 3.63) is 52.1 Å². The number of benzene rings is 1. The van der Waals surface area contributed by atoms with E-state index in [9.17, 15) is 14.0 Å². The lowest BCUT2D eigenvalue weighted by atomic mass is 10.1. The molecule has 4 N–H and O–H groups in total. The van der Waals surface area contributed by atoms with E-state index in [2.05, 4.69) is 10.6 Å². The molecule has 0 saturated carbocycles. The number of amides is 1. The second kappa shape index (κ2) is 8.25. The number of hydrogen-bond donors (Lipinski definition) is 3. The maximum atomic E-state index is 13.4. The van der Waals surface area contributed by atoms with Crippen molar-refractivity contribution in [1.29, 1.82) is 0 Å². The highest BCUT2D eigenvalue weighted by Gasteiger charge is 2.24. The number of rotatable bonds is 7. The van der Waals surface area contributed by atoms with Crippen molar-refractivity contribution in [3.63, 3.8) is 0 Å². The van der Waals surface area contributed by atoms with E-state index in [4.69, 9.17) is 5.73 Å². The normalized spacial score (nSPS) is 10.8. The Labute approximate surface area is 152 Å². The summed E-state index contributed by atoms with van der Waals surface area (Å²) in [4.78, 5) is 25.2. The van der Waals surface area contributed by atoms with Crippen molar-refractivity contribution in [1.82, 2.24) is 9.88 Å². The highest BCUT2D eigenvalue weighted by molar-refractivity contribution is 6.09. The molecule has 2 aromatic rings. The molecule has 0 saturated heterocycles. The van der Waals surface area contributed by atoms with Crippen LogP contribution in [0.4, 0.5) is 10.1 Å². The van der Waals surface area contributed by atoms with Crippen LogP contribution in [0.5, 0.6) is 0 Å². The van der Waals surface area contributed by atoms with E-state index in [1.807, 2.05) is 0 Å². The van der Waals surface area contributed by atoms with Gasteiger partial charge in [-0.05, 0) is 50.1 Å². The molecule has 1 aromatic heterocycles. The number of Topliss-reactive ketones (excluding diaryl/α,β-unsaturated/α-hetero) is 1. The second-order valence-electron chi connectivity index (χ2n) is 6.30. The molecule has 0 unspecified atom stereocenters. The van der Waals surface area contributed by atoms with Crippen molar-refractivity contribution in [3.8, 4) is 0 Å². The van der Waals surface area contributed by atoms with Gasteiger partial charge in [0.2, 0.25) is 0 Å². The highest BCUT2D eigenvalue weighted by Crippen LogP contribution is 2.23. The van der Waals surface area contributed by atoms with E-state index in [1.165, 1.54) is 12.1 Å². The third-order valence-corrected chi connectivity index (χ3v) is 4.44. The Kier molecular flexibility index (Phi) is 6.28. The van der Waals surface area contributed by atoms with Gasteiger partial charge in [0, 0.05) is 31.5 Å². The fourth-order valence-corrected chi connectivity index (χ4v) is 3.01. The number of carbonyl (C=O) groups excluding carboxylic acids is 2. The molecular weight excluding hydrogens is 335 g/mol. The molecule has 0 spiro atoms. The van der Waals surface area contributed by atoms with Gasteiger partial charge in [0.15, 0.2) is 5.78 Å². The van der Waals surface area contributed by atoms with Crippen LogP contribution in [0.3, 0.4) is 0 Å². The molecule has 0 atom stereocenters. The van der Waals surface area contributed by atoms with E-state index >= 15 is 0 Å². The highest BCUT2D eigenvalue weighted by atomic mass is 19.1. The minimum absolute atomic E-state index is 0.0989. The minimum Gasteiger partial charge on any atom is -0.344 e. The predicted molar refractivity (Wildman–Crippen MR) is 100 cm³/mol. The number of ketones is 1. The average molecular weight is 360 g/mol. The number of halogens is 1. The number of aryl methyl sites for hydroxylation is 1.